The Kier molecular flexibility index (Phi) is 3.26. The zero-order chi connectivity index (χ0) is 13.3. The number of hydrogen-bond donors (Lipinski definition) is 2. The number of carbonyl (C=O) groups is 3. The van der Waals surface area contributed by atoms with Crippen LogP contribution in [0.2, 0.25) is 0 Å². The number of carbonyl (C=O) groups excluding carboxylic acids is 1. The number of rotatable bonds is 3. The molecule has 0 aromatic heterocycles. The smallest absolute Gasteiger partial charge is 0.327 e. The van der Waals surface area contributed by atoms with Gasteiger partial charge in [-0.15, -0.1) is 0 Å². The molecule has 2 N–H and O–H groups in total. The van der Waals surface area contributed by atoms with E-state index in [0.717, 1.165) is 7.11 Å². The van der Waals surface area contributed by atoms with Gasteiger partial charge in [0, 0.05) is 0 Å². The first kappa shape index (κ1) is 13.2. The molecule has 0 saturated carbocycles. The molecule has 0 saturated heterocycles. The molecule has 0 spiro atoms. The van der Waals surface area contributed by atoms with Crippen LogP contribution in [0, 0.1) is 10.8 Å². The summed E-state index contributed by atoms with van der Waals surface area (Å²) in [4.78, 5) is 34.0. The van der Waals surface area contributed by atoms with E-state index in [-0.39, 0.29) is 12.8 Å². The lowest BCUT2D eigenvalue weighted by Gasteiger charge is -2.35. The fourth-order valence-electron chi connectivity index (χ4n) is 1.99. The molecule has 0 bridgehead atoms. The molecular formula is C11H14O6. The average molecular weight is 242 g/mol. The molecular weight excluding hydrogens is 228 g/mol. The van der Waals surface area contributed by atoms with Gasteiger partial charge < -0.3 is 14.9 Å². The molecule has 0 aromatic carbocycles. The Morgan fingerprint density at radius 1 is 1.24 bits per heavy atom. The zero-order valence-electron chi connectivity index (χ0n) is 9.60. The van der Waals surface area contributed by atoms with Gasteiger partial charge in [-0.25, -0.2) is 0 Å². The minimum Gasteiger partial charge on any atom is -0.481 e. The average Bonchev–Trinajstić information content (AvgIpc) is 2.27. The maximum atomic E-state index is 11.6. The van der Waals surface area contributed by atoms with Gasteiger partial charge in [-0.1, -0.05) is 12.2 Å². The Hall–Kier alpha value is -1.85. The number of ether oxygens (including phenoxy) is 1. The highest BCUT2D eigenvalue weighted by Crippen LogP contribution is 2.43. The van der Waals surface area contributed by atoms with Crippen LogP contribution in [0.25, 0.3) is 0 Å². The summed E-state index contributed by atoms with van der Waals surface area (Å²) in [6.07, 6.45) is 2.50. The van der Waals surface area contributed by atoms with E-state index in [1.807, 2.05) is 0 Å². The molecule has 2 atom stereocenters. The van der Waals surface area contributed by atoms with E-state index in [2.05, 4.69) is 4.74 Å². The summed E-state index contributed by atoms with van der Waals surface area (Å²) in [6, 6.07) is 0. The first-order valence-corrected chi connectivity index (χ1v) is 5.01. The number of carboxylic acid groups (broad SMARTS) is 2. The maximum absolute atomic E-state index is 11.6. The summed E-state index contributed by atoms with van der Waals surface area (Å²) in [7, 11) is 1.08. The first-order valence-electron chi connectivity index (χ1n) is 5.01. The largest absolute Gasteiger partial charge is 0.481 e. The highest BCUT2D eigenvalue weighted by atomic mass is 16.5. The van der Waals surface area contributed by atoms with Gasteiger partial charge in [-0.3, -0.25) is 14.4 Å². The van der Waals surface area contributed by atoms with E-state index < -0.39 is 28.7 Å². The number of esters is 1. The van der Waals surface area contributed by atoms with Crippen LogP contribution in [0.1, 0.15) is 19.8 Å². The number of hydrogen-bond acceptors (Lipinski definition) is 4. The second kappa shape index (κ2) is 4.20. The third-order valence-electron chi connectivity index (χ3n) is 3.09. The van der Waals surface area contributed by atoms with Gasteiger partial charge in [0.15, 0.2) is 5.41 Å². The van der Waals surface area contributed by atoms with E-state index in [1.165, 1.54) is 19.1 Å². The second-order valence-corrected chi connectivity index (χ2v) is 4.42. The molecule has 6 heteroatoms. The minimum atomic E-state index is -1.90. The lowest BCUT2D eigenvalue weighted by molar-refractivity contribution is -0.168. The molecule has 0 radical (unpaired) electrons. The van der Waals surface area contributed by atoms with Crippen LogP contribution in [-0.4, -0.2) is 35.2 Å². The molecule has 0 aromatic rings. The van der Waals surface area contributed by atoms with Gasteiger partial charge >= 0.3 is 17.9 Å². The highest BCUT2D eigenvalue weighted by molar-refractivity contribution is 6.02. The lowest BCUT2D eigenvalue weighted by atomic mass is 9.66. The first-order chi connectivity index (χ1) is 7.78. The third-order valence-corrected chi connectivity index (χ3v) is 3.09. The fourth-order valence-corrected chi connectivity index (χ4v) is 1.99. The zero-order valence-corrected chi connectivity index (χ0v) is 9.60. The van der Waals surface area contributed by atoms with Crippen molar-refractivity contribution in [1.82, 2.24) is 0 Å². The van der Waals surface area contributed by atoms with Crippen LogP contribution in [-0.2, 0) is 19.1 Å². The van der Waals surface area contributed by atoms with Gasteiger partial charge in [0.05, 0.1) is 12.5 Å². The van der Waals surface area contributed by atoms with Crippen molar-refractivity contribution in [3.8, 4) is 0 Å². The van der Waals surface area contributed by atoms with Crippen molar-refractivity contribution in [1.29, 1.82) is 0 Å². The summed E-state index contributed by atoms with van der Waals surface area (Å²) in [5, 5.41) is 18.2. The molecule has 0 aliphatic heterocycles. The minimum absolute atomic E-state index is 0.189. The molecule has 1 aliphatic rings. The van der Waals surface area contributed by atoms with Crippen LogP contribution in [0.3, 0.4) is 0 Å². The van der Waals surface area contributed by atoms with E-state index in [4.69, 9.17) is 10.2 Å². The molecule has 1 aliphatic carbocycles. The van der Waals surface area contributed by atoms with Crippen molar-refractivity contribution in [2.24, 2.45) is 10.8 Å². The van der Waals surface area contributed by atoms with Gasteiger partial charge in [0.2, 0.25) is 0 Å². The quantitative estimate of drug-likeness (QED) is 0.428. The Morgan fingerprint density at radius 3 is 2.24 bits per heavy atom. The van der Waals surface area contributed by atoms with Gasteiger partial charge in [0.25, 0.3) is 0 Å². The monoisotopic (exact) mass is 242 g/mol. The van der Waals surface area contributed by atoms with E-state index >= 15 is 0 Å². The fraction of sp³-hybridized carbons (Fsp3) is 0.545. The SMILES string of the molecule is COC(=O)C1(C(=O)O)C=CCC(C)(C(=O)O)C1. The number of methoxy groups -OCH3 is 1. The van der Waals surface area contributed by atoms with Crippen molar-refractivity contribution >= 4 is 17.9 Å². The van der Waals surface area contributed by atoms with Crippen molar-refractivity contribution in [2.75, 3.05) is 7.11 Å². The molecule has 0 amide bonds. The van der Waals surface area contributed by atoms with Crippen LogP contribution in [0.15, 0.2) is 12.2 Å². The number of allylic oxidation sites excluding steroid dienone is 1. The molecule has 1 rings (SSSR count). The Labute approximate surface area is 97.9 Å². The van der Waals surface area contributed by atoms with Crippen molar-refractivity contribution in [2.45, 2.75) is 19.8 Å². The maximum Gasteiger partial charge on any atom is 0.327 e. The van der Waals surface area contributed by atoms with Crippen molar-refractivity contribution < 1.29 is 29.3 Å². The van der Waals surface area contributed by atoms with E-state index in [1.54, 1.807) is 0 Å². The third kappa shape index (κ3) is 2.02. The Morgan fingerprint density at radius 2 is 1.82 bits per heavy atom. The molecule has 2 unspecified atom stereocenters. The second-order valence-electron chi connectivity index (χ2n) is 4.42. The summed E-state index contributed by atoms with van der Waals surface area (Å²) >= 11 is 0. The van der Waals surface area contributed by atoms with Crippen LogP contribution < -0.4 is 0 Å². The summed E-state index contributed by atoms with van der Waals surface area (Å²) in [5.41, 5.74) is -3.18. The van der Waals surface area contributed by atoms with Gasteiger partial charge in [0.1, 0.15) is 0 Å². The Bertz CT molecular complexity index is 399. The van der Waals surface area contributed by atoms with Crippen LogP contribution in [0.4, 0.5) is 0 Å². The molecule has 0 heterocycles. The topological polar surface area (TPSA) is 101 Å². The van der Waals surface area contributed by atoms with E-state index in [9.17, 15) is 14.4 Å². The Balaban J connectivity index is 3.23. The van der Waals surface area contributed by atoms with Gasteiger partial charge in [-0.2, -0.15) is 0 Å². The van der Waals surface area contributed by atoms with E-state index in [0.29, 0.717) is 0 Å². The molecule has 17 heavy (non-hydrogen) atoms. The number of carboxylic acids is 2. The molecule has 6 nitrogen and oxygen atoms in total. The normalized spacial score (nSPS) is 31.9. The predicted octanol–water partition coefficient (Wildman–Crippen LogP) is 0.671. The molecule has 0 fully saturated rings. The summed E-state index contributed by atoms with van der Waals surface area (Å²) in [6.45, 7) is 1.42. The molecule has 94 valence electrons. The predicted molar refractivity (Wildman–Crippen MR) is 56.2 cm³/mol. The van der Waals surface area contributed by atoms with Crippen molar-refractivity contribution in [3.63, 3.8) is 0 Å². The van der Waals surface area contributed by atoms with Crippen molar-refractivity contribution in [3.05, 3.63) is 12.2 Å². The summed E-state index contributed by atoms with van der Waals surface area (Å²) in [5.74, 6) is -3.47. The summed E-state index contributed by atoms with van der Waals surface area (Å²) < 4.78 is 4.46. The lowest BCUT2D eigenvalue weighted by Crippen LogP contribution is -2.47. The van der Waals surface area contributed by atoms with Gasteiger partial charge in [-0.05, 0) is 19.8 Å². The van der Waals surface area contributed by atoms with Crippen LogP contribution in [0.5, 0.6) is 0 Å². The number of aliphatic carboxylic acids is 2. The standard InChI is InChI=1S/C11H14O6/c1-10(7(12)13)4-3-5-11(6-10,8(14)15)9(16)17-2/h3,5H,4,6H2,1-2H3,(H,12,13)(H,14,15). The highest BCUT2D eigenvalue weighted by Gasteiger charge is 2.54. The van der Waals surface area contributed by atoms with Crippen LogP contribution >= 0.6 is 0 Å².